The number of hydrogen-bond donors (Lipinski definition) is 0. The van der Waals surface area contributed by atoms with Crippen molar-refractivity contribution in [2.24, 2.45) is 5.92 Å². The molecule has 5 nitrogen and oxygen atoms in total. The van der Waals surface area contributed by atoms with Crippen molar-refractivity contribution < 1.29 is 4.79 Å². The molecule has 0 spiro atoms. The van der Waals surface area contributed by atoms with E-state index < -0.39 is 0 Å². The second-order valence-electron chi connectivity index (χ2n) is 6.15. The van der Waals surface area contributed by atoms with Gasteiger partial charge in [0.1, 0.15) is 5.82 Å². The van der Waals surface area contributed by atoms with Gasteiger partial charge in [0.15, 0.2) is 0 Å². The number of amides is 1. The predicted molar refractivity (Wildman–Crippen MR) is 90.2 cm³/mol. The van der Waals surface area contributed by atoms with Crippen molar-refractivity contribution in [3.63, 3.8) is 0 Å². The van der Waals surface area contributed by atoms with Gasteiger partial charge < -0.3 is 9.80 Å². The number of aryl methyl sites for hydroxylation is 1. The number of carbonyl (C=O) groups excluding carboxylic acids is 1. The molecule has 2 aliphatic heterocycles. The first kappa shape index (κ1) is 15.6. The van der Waals surface area contributed by atoms with E-state index in [1.165, 1.54) is 0 Å². The van der Waals surface area contributed by atoms with Gasteiger partial charge in [-0.3, -0.25) is 9.78 Å². The summed E-state index contributed by atoms with van der Waals surface area (Å²) in [5, 5.41) is 0. The Morgan fingerprint density at radius 1 is 1.23 bits per heavy atom. The Morgan fingerprint density at radius 2 is 1.95 bits per heavy atom. The van der Waals surface area contributed by atoms with Crippen LogP contribution in [0, 0.1) is 12.8 Å². The maximum absolute atomic E-state index is 12.3. The Hall–Kier alpha value is -1.30. The molecular formula is C16H24N4OS. The van der Waals surface area contributed by atoms with Crippen molar-refractivity contribution in [2.75, 3.05) is 42.6 Å². The van der Waals surface area contributed by atoms with E-state index in [-0.39, 0.29) is 0 Å². The number of aromatic nitrogens is 2. The predicted octanol–water partition coefficient (Wildman–Crippen LogP) is 1.97. The molecule has 2 saturated heterocycles. The summed E-state index contributed by atoms with van der Waals surface area (Å²) in [6, 6.07) is 0. The molecule has 1 amide bonds. The number of carbonyl (C=O) groups is 1. The monoisotopic (exact) mass is 320 g/mol. The molecule has 0 radical (unpaired) electrons. The molecule has 1 aromatic heterocycles. The first-order valence-corrected chi connectivity index (χ1v) is 9.27. The summed E-state index contributed by atoms with van der Waals surface area (Å²) in [4.78, 5) is 25.4. The van der Waals surface area contributed by atoms with Crippen LogP contribution < -0.4 is 4.90 Å². The van der Waals surface area contributed by atoms with Gasteiger partial charge in [0, 0.05) is 50.3 Å². The molecule has 2 aliphatic rings. The lowest BCUT2D eigenvalue weighted by Gasteiger charge is -2.34. The smallest absolute Gasteiger partial charge is 0.222 e. The Bertz CT molecular complexity index is 511. The van der Waals surface area contributed by atoms with Gasteiger partial charge in [0.05, 0.1) is 11.9 Å². The fourth-order valence-corrected chi connectivity index (χ4v) is 4.06. The highest BCUT2D eigenvalue weighted by Gasteiger charge is 2.25. The fourth-order valence-electron chi connectivity index (χ4n) is 3.16. The number of piperidine rings is 1. The van der Waals surface area contributed by atoms with Gasteiger partial charge in [-0.05, 0) is 25.7 Å². The van der Waals surface area contributed by atoms with Crippen LogP contribution in [0.5, 0.6) is 0 Å². The second-order valence-corrected chi connectivity index (χ2v) is 7.37. The lowest BCUT2D eigenvalue weighted by Crippen LogP contribution is -2.40. The first-order chi connectivity index (χ1) is 10.7. The van der Waals surface area contributed by atoms with Crippen LogP contribution in [0.2, 0.25) is 0 Å². The van der Waals surface area contributed by atoms with Gasteiger partial charge in [-0.2, -0.15) is 11.8 Å². The Kier molecular flexibility index (Phi) is 5.18. The average molecular weight is 320 g/mol. The van der Waals surface area contributed by atoms with Crippen molar-refractivity contribution in [3.05, 3.63) is 18.1 Å². The molecule has 0 unspecified atom stereocenters. The zero-order valence-corrected chi connectivity index (χ0v) is 14.0. The van der Waals surface area contributed by atoms with Crippen LogP contribution in [-0.4, -0.2) is 58.5 Å². The molecule has 120 valence electrons. The lowest BCUT2D eigenvalue weighted by atomic mass is 9.93. The molecule has 3 heterocycles. The van der Waals surface area contributed by atoms with Crippen molar-refractivity contribution >= 4 is 23.5 Å². The van der Waals surface area contributed by atoms with E-state index in [4.69, 9.17) is 0 Å². The Balaban J connectivity index is 1.48. The fraction of sp³-hybridized carbons (Fsp3) is 0.688. The zero-order valence-electron chi connectivity index (χ0n) is 13.2. The summed E-state index contributed by atoms with van der Waals surface area (Å²) in [6.07, 6.45) is 6.49. The average Bonchev–Trinajstić information content (AvgIpc) is 2.56. The third-order valence-electron chi connectivity index (χ3n) is 4.51. The minimum absolute atomic E-state index is 0.356. The third-order valence-corrected chi connectivity index (χ3v) is 5.45. The second kappa shape index (κ2) is 7.31. The van der Waals surface area contributed by atoms with Gasteiger partial charge in [0.25, 0.3) is 0 Å². The molecule has 0 saturated carbocycles. The van der Waals surface area contributed by atoms with Gasteiger partial charge in [-0.15, -0.1) is 0 Å². The van der Waals surface area contributed by atoms with Crippen LogP contribution in [-0.2, 0) is 4.79 Å². The number of anilines is 1. The minimum atomic E-state index is 0.356. The van der Waals surface area contributed by atoms with Crippen LogP contribution >= 0.6 is 11.8 Å². The summed E-state index contributed by atoms with van der Waals surface area (Å²) >= 11 is 1.95. The normalized spacial score (nSPS) is 20.2. The number of hydrogen-bond acceptors (Lipinski definition) is 5. The van der Waals surface area contributed by atoms with Crippen LogP contribution in [0.25, 0.3) is 0 Å². The molecule has 6 heteroatoms. The van der Waals surface area contributed by atoms with Gasteiger partial charge >= 0.3 is 0 Å². The molecular weight excluding hydrogens is 296 g/mol. The SMILES string of the molecule is Cc1cncc(N2CCC(CC(=O)N3CCSCC3)CC2)n1. The molecule has 0 atom stereocenters. The highest BCUT2D eigenvalue weighted by atomic mass is 32.2. The van der Waals surface area contributed by atoms with E-state index in [9.17, 15) is 4.79 Å². The molecule has 22 heavy (non-hydrogen) atoms. The summed E-state index contributed by atoms with van der Waals surface area (Å²) in [5.74, 6) is 4.04. The molecule has 3 rings (SSSR count). The van der Waals surface area contributed by atoms with E-state index >= 15 is 0 Å². The lowest BCUT2D eigenvalue weighted by molar-refractivity contribution is -0.132. The highest BCUT2D eigenvalue weighted by molar-refractivity contribution is 7.99. The van der Waals surface area contributed by atoms with Gasteiger partial charge in [0.2, 0.25) is 5.91 Å². The zero-order chi connectivity index (χ0) is 15.4. The molecule has 2 fully saturated rings. The van der Waals surface area contributed by atoms with Crippen LogP contribution in [0.4, 0.5) is 5.82 Å². The first-order valence-electron chi connectivity index (χ1n) is 8.11. The van der Waals surface area contributed by atoms with E-state index in [2.05, 4.69) is 19.8 Å². The number of nitrogens with zero attached hydrogens (tertiary/aromatic N) is 4. The highest BCUT2D eigenvalue weighted by Crippen LogP contribution is 2.25. The van der Waals surface area contributed by atoms with Gasteiger partial charge in [-0.25, -0.2) is 4.98 Å². The minimum Gasteiger partial charge on any atom is -0.355 e. The molecule has 0 aliphatic carbocycles. The van der Waals surface area contributed by atoms with E-state index in [0.29, 0.717) is 11.8 Å². The standard InChI is InChI=1S/C16H24N4OS/c1-13-11-17-12-15(18-13)19-4-2-14(3-5-19)10-16(21)20-6-8-22-9-7-20/h11-12,14H,2-10H2,1H3. The molecule has 0 aromatic carbocycles. The van der Waals surface area contributed by atoms with E-state index in [1.54, 1.807) is 6.20 Å². The summed E-state index contributed by atoms with van der Waals surface area (Å²) in [7, 11) is 0. The van der Waals surface area contributed by atoms with Crippen LogP contribution in [0.3, 0.4) is 0 Å². The van der Waals surface area contributed by atoms with E-state index in [0.717, 1.165) is 68.5 Å². The van der Waals surface area contributed by atoms with Crippen LogP contribution in [0.1, 0.15) is 25.0 Å². The van der Waals surface area contributed by atoms with Gasteiger partial charge in [-0.1, -0.05) is 0 Å². The number of rotatable bonds is 3. The Morgan fingerprint density at radius 3 is 2.64 bits per heavy atom. The van der Waals surface area contributed by atoms with Crippen molar-refractivity contribution in [1.29, 1.82) is 0 Å². The topological polar surface area (TPSA) is 49.3 Å². The summed E-state index contributed by atoms with van der Waals surface area (Å²) in [6.45, 7) is 5.79. The van der Waals surface area contributed by atoms with Crippen LogP contribution in [0.15, 0.2) is 12.4 Å². The van der Waals surface area contributed by atoms with Crippen molar-refractivity contribution in [1.82, 2.24) is 14.9 Å². The summed E-state index contributed by atoms with van der Waals surface area (Å²) < 4.78 is 0. The maximum Gasteiger partial charge on any atom is 0.222 e. The van der Waals surface area contributed by atoms with E-state index in [1.807, 2.05) is 24.9 Å². The summed E-state index contributed by atoms with van der Waals surface area (Å²) in [5.41, 5.74) is 0.956. The molecule has 0 N–H and O–H groups in total. The maximum atomic E-state index is 12.3. The molecule has 0 bridgehead atoms. The van der Waals surface area contributed by atoms with Crippen molar-refractivity contribution in [3.8, 4) is 0 Å². The number of thioether (sulfide) groups is 1. The molecule has 1 aromatic rings. The third kappa shape index (κ3) is 3.91. The quantitative estimate of drug-likeness (QED) is 0.852. The Labute approximate surface area is 136 Å². The largest absolute Gasteiger partial charge is 0.355 e. The van der Waals surface area contributed by atoms with Crippen molar-refractivity contribution in [2.45, 2.75) is 26.2 Å².